The van der Waals surface area contributed by atoms with Crippen molar-refractivity contribution in [2.24, 2.45) is 0 Å². The summed E-state index contributed by atoms with van der Waals surface area (Å²) in [6.07, 6.45) is 4.39. The first-order valence-corrected chi connectivity index (χ1v) is 12.6. The first-order valence-electron chi connectivity index (χ1n) is 11.8. The van der Waals surface area contributed by atoms with Crippen LogP contribution in [0.25, 0.3) is 0 Å². The van der Waals surface area contributed by atoms with E-state index in [1.807, 2.05) is 30.3 Å². The Morgan fingerprint density at radius 3 is 2.58 bits per heavy atom. The molecule has 190 valence electrons. The summed E-state index contributed by atoms with van der Waals surface area (Å²) in [5.41, 5.74) is 0.717. The van der Waals surface area contributed by atoms with Gasteiger partial charge in [0.1, 0.15) is 16.1 Å². The Balaban J connectivity index is 0.000000249. The Morgan fingerprint density at radius 2 is 1.89 bits per heavy atom. The summed E-state index contributed by atoms with van der Waals surface area (Å²) >= 11 is 10.9. The van der Waals surface area contributed by atoms with Crippen molar-refractivity contribution in [3.05, 3.63) is 123 Å². The zero-order chi connectivity index (χ0) is 26.8. The highest BCUT2D eigenvalue weighted by molar-refractivity contribution is 7.71. The number of nitrogens with zero attached hydrogens (tertiary/aromatic N) is 3. The molecule has 2 aromatic heterocycles. The second-order valence-electron chi connectivity index (χ2n) is 8.96. The lowest BCUT2D eigenvalue weighted by Gasteiger charge is -2.39. The van der Waals surface area contributed by atoms with Crippen molar-refractivity contribution in [2.45, 2.75) is 30.0 Å². The van der Waals surface area contributed by atoms with E-state index in [0.29, 0.717) is 39.6 Å². The molecule has 1 fully saturated rings. The molecule has 4 aromatic rings. The van der Waals surface area contributed by atoms with Crippen LogP contribution in [-0.4, -0.2) is 21.3 Å². The summed E-state index contributed by atoms with van der Waals surface area (Å²) in [6.45, 7) is 0.329. The Labute approximate surface area is 229 Å². The van der Waals surface area contributed by atoms with Crippen LogP contribution >= 0.6 is 23.8 Å². The number of aromatic nitrogens is 2. The van der Waals surface area contributed by atoms with Crippen LogP contribution in [0.1, 0.15) is 41.1 Å². The van der Waals surface area contributed by atoms with Crippen LogP contribution in [0.3, 0.4) is 0 Å². The minimum absolute atomic E-state index is 0.0698. The van der Waals surface area contributed by atoms with Gasteiger partial charge in [0.2, 0.25) is 0 Å². The summed E-state index contributed by atoms with van der Waals surface area (Å²) in [5.74, 6) is 0.444. The Morgan fingerprint density at radius 1 is 1.16 bits per heavy atom. The summed E-state index contributed by atoms with van der Waals surface area (Å²) in [4.78, 5) is 18.8. The number of carbonyl (C=O) groups is 1. The third-order valence-electron chi connectivity index (χ3n) is 6.97. The first-order chi connectivity index (χ1) is 18.4. The van der Waals surface area contributed by atoms with Gasteiger partial charge in [-0.1, -0.05) is 72.3 Å². The molecule has 1 aliphatic carbocycles. The molecule has 1 saturated carbocycles. The SMILES string of the molecule is N#Cc1ccc(C23Oc4cc(Cl)cnc4C2(O)CCC3c2ccccc2)cc1.O=COn1ccccc1=S. The number of rotatable bonds is 4. The lowest BCUT2D eigenvalue weighted by Crippen LogP contribution is -2.48. The van der Waals surface area contributed by atoms with Crippen LogP contribution in [0.2, 0.25) is 5.02 Å². The summed E-state index contributed by atoms with van der Waals surface area (Å²) < 4.78 is 8.23. The quantitative estimate of drug-likeness (QED) is 0.269. The van der Waals surface area contributed by atoms with Crippen molar-refractivity contribution in [1.29, 1.82) is 5.26 Å². The number of halogens is 1. The highest BCUT2D eigenvalue weighted by atomic mass is 35.5. The molecule has 0 saturated heterocycles. The standard InChI is InChI=1S/C23H17ClN2O2.C6H5NO2S/c24-18-12-20-21(26-14-18)22(27)11-10-19(16-4-2-1-3-5-16)23(22,28-20)17-8-6-15(13-25)7-9-17;8-5-9-7-4-2-1-3-6(7)10/h1-9,12,14,19,27H,10-11H2;1-5H. The average Bonchev–Trinajstić information content (AvgIpc) is 3.37. The predicted octanol–water partition coefficient (Wildman–Crippen LogP) is 5.46. The Hall–Kier alpha value is -4.03. The van der Waals surface area contributed by atoms with E-state index in [1.54, 1.807) is 48.8 Å². The predicted molar refractivity (Wildman–Crippen MR) is 143 cm³/mol. The Kier molecular flexibility index (Phi) is 7.00. The summed E-state index contributed by atoms with van der Waals surface area (Å²) in [7, 11) is 0. The van der Waals surface area contributed by atoms with Crippen molar-refractivity contribution >= 4 is 30.3 Å². The molecule has 0 spiro atoms. The smallest absolute Gasteiger partial charge is 0.321 e. The van der Waals surface area contributed by atoms with Crippen LogP contribution < -0.4 is 9.57 Å². The highest BCUT2D eigenvalue weighted by Crippen LogP contribution is 2.66. The molecule has 2 aliphatic rings. The van der Waals surface area contributed by atoms with Crippen LogP contribution in [0, 0.1) is 16.0 Å². The molecule has 3 heterocycles. The number of aliphatic hydroxyl groups is 1. The molecule has 3 unspecified atom stereocenters. The van der Waals surface area contributed by atoms with Crippen molar-refractivity contribution in [3.8, 4) is 11.8 Å². The van der Waals surface area contributed by atoms with E-state index in [4.69, 9.17) is 28.6 Å². The van der Waals surface area contributed by atoms with Gasteiger partial charge in [-0.25, -0.2) is 0 Å². The fraction of sp³-hybridized carbons (Fsp3) is 0.172. The van der Waals surface area contributed by atoms with E-state index >= 15 is 0 Å². The van der Waals surface area contributed by atoms with E-state index < -0.39 is 11.2 Å². The number of fused-ring (bicyclic) bond motifs is 3. The molecule has 6 rings (SSSR count). The van der Waals surface area contributed by atoms with Gasteiger partial charge < -0.3 is 14.7 Å². The lowest BCUT2D eigenvalue weighted by atomic mass is 9.72. The summed E-state index contributed by atoms with van der Waals surface area (Å²) in [6, 6.07) is 26.4. The van der Waals surface area contributed by atoms with Gasteiger partial charge in [0, 0.05) is 24.4 Å². The summed E-state index contributed by atoms with van der Waals surface area (Å²) in [5, 5.41) is 21.6. The molecule has 0 bridgehead atoms. The average molecular weight is 544 g/mol. The second kappa shape index (κ2) is 10.4. The molecule has 7 nitrogen and oxygen atoms in total. The number of benzene rings is 2. The lowest BCUT2D eigenvalue weighted by molar-refractivity contribution is -0.129. The van der Waals surface area contributed by atoms with Crippen LogP contribution in [0.5, 0.6) is 5.75 Å². The van der Waals surface area contributed by atoms with E-state index in [1.165, 1.54) is 4.73 Å². The van der Waals surface area contributed by atoms with Crippen LogP contribution in [-0.2, 0) is 16.0 Å². The highest BCUT2D eigenvalue weighted by Gasteiger charge is 2.69. The van der Waals surface area contributed by atoms with Gasteiger partial charge in [0.15, 0.2) is 11.2 Å². The van der Waals surface area contributed by atoms with Gasteiger partial charge in [-0.05, 0) is 48.2 Å². The maximum atomic E-state index is 11.9. The van der Waals surface area contributed by atoms with Gasteiger partial charge in [0.05, 0.1) is 16.7 Å². The first kappa shape index (κ1) is 25.6. The van der Waals surface area contributed by atoms with Crippen molar-refractivity contribution in [3.63, 3.8) is 0 Å². The molecule has 0 amide bonds. The molecule has 38 heavy (non-hydrogen) atoms. The van der Waals surface area contributed by atoms with E-state index in [0.717, 1.165) is 17.5 Å². The third-order valence-corrected chi connectivity index (χ3v) is 7.49. The zero-order valence-electron chi connectivity index (χ0n) is 20.0. The van der Waals surface area contributed by atoms with E-state index in [2.05, 4.69) is 28.0 Å². The molecular formula is C29H22ClN3O4S. The largest absolute Gasteiger partial charge is 0.476 e. The normalized spacial score (nSPS) is 22.6. The molecule has 2 aromatic carbocycles. The van der Waals surface area contributed by atoms with Gasteiger partial charge in [0.25, 0.3) is 0 Å². The van der Waals surface area contributed by atoms with E-state index in [-0.39, 0.29) is 5.92 Å². The molecule has 0 radical (unpaired) electrons. The van der Waals surface area contributed by atoms with E-state index in [9.17, 15) is 15.2 Å². The molecule has 9 heteroatoms. The molecule has 3 atom stereocenters. The van der Waals surface area contributed by atoms with Crippen LogP contribution in [0.15, 0.2) is 91.3 Å². The number of ether oxygens (including phenoxy) is 1. The van der Waals surface area contributed by atoms with Gasteiger partial charge >= 0.3 is 6.47 Å². The fourth-order valence-electron chi connectivity index (χ4n) is 5.39. The fourth-order valence-corrected chi connectivity index (χ4v) is 5.72. The second-order valence-corrected chi connectivity index (χ2v) is 9.81. The van der Waals surface area contributed by atoms with Gasteiger partial charge in [-0.2, -0.15) is 9.99 Å². The monoisotopic (exact) mass is 543 g/mol. The number of pyridine rings is 2. The van der Waals surface area contributed by atoms with Gasteiger partial charge in [-0.15, -0.1) is 0 Å². The van der Waals surface area contributed by atoms with Crippen molar-refractivity contribution in [2.75, 3.05) is 0 Å². The van der Waals surface area contributed by atoms with Crippen molar-refractivity contribution < 1.29 is 19.5 Å². The molecule has 1 N–H and O–H groups in total. The number of hydrogen-bond acceptors (Lipinski definition) is 7. The van der Waals surface area contributed by atoms with Crippen molar-refractivity contribution in [1.82, 2.24) is 9.71 Å². The zero-order valence-corrected chi connectivity index (χ0v) is 21.6. The molecule has 1 aliphatic heterocycles. The third kappa shape index (κ3) is 4.25. The maximum Gasteiger partial charge on any atom is 0.321 e. The topological polar surface area (TPSA) is 97.4 Å². The number of carbonyl (C=O) groups excluding carboxylic acids is 1. The molecular weight excluding hydrogens is 522 g/mol. The maximum absolute atomic E-state index is 11.9. The van der Waals surface area contributed by atoms with Gasteiger partial charge in [-0.3, -0.25) is 9.78 Å². The minimum atomic E-state index is -1.28. The van der Waals surface area contributed by atoms with Crippen LogP contribution in [0.4, 0.5) is 0 Å². The number of hydrogen-bond donors (Lipinski definition) is 1. The number of nitriles is 1. The minimum Gasteiger partial charge on any atom is -0.476 e. The Bertz CT molecular complexity index is 1570.